The Morgan fingerprint density at radius 1 is 1.21 bits per heavy atom. The molecule has 0 aromatic heterocycles. The minimum Gasteiger partial charge on any atom is -0.351 e. The molecule has 3 atom stereocenters. The molecule has 0 spiro atoms. The lowest BCUT2D eigenvalue weighted by atomic mass is 9.84. The van der Waals surface area contributed by atoms with Gasteiger partial charge in [0.1, 0.15) is 0 Å². The van der Waals surface area contributed by atoms with Gasteiger partial charge in [0.2, 0.25) is 5.91 Å². The molecule has 0 bridgehead atoms. The van der Waals surface area contributed by atoms with Crippen molar-refractivity contribution in [3.63, 3.8) is 0 Å². The first-order valence-corrected chi connectivity index (χ1v) is 9.78. The van der Waals surface area contributed by atoms with Crippen molar-refractivity contribution in [2.24, 2.45) is 5.92 Å². The van der Waals surface area contributed by atoms with Crippen molar-refractivity contribution in [1.29, 1.82) is 0 Å². The number of carbonyl (C=O) groups is 1. The van der Waals surface area contributed by atoms with E-state index in [0.717, 1.165) is 37.5 Å². The molecule has 2 fully saturated rings. The van der Waals surface area contributed by atoms with Gasteiger partial charge in [0.25, 0.3) is 0 Å². The van der Waals surface area contributed by atoms with E-state index in [1.807, 2.05) is 18.2 Å². The van der Waals surface area contributed by atoms with Gasteiger partial charge in [0.05, 0.1) is 5.92 Å². The average Bonchev–Trinajstić information content (AvgIpc) is 3.27. The summed E-state index contributed by atoms with van der Waals surface area (Å²) in [6.45, 7) is 6.55. The van der Waals surface area contributed by atoms with E-state index in [9.17, 15) is 4.79 Å². The van der Waals surface area contributed by atoms with Gasteiger partial charge in [0, 0.05) is 25.2 Å². The number of hydrogen-bond donors (Lipinski definition) is 1. The molecule has 1 aromatic carbocycles. The molecule has 1 amide bonds. The molecule has 0 radical (unpaired) electrons. The highest BCUT2D eigenvalue weighted by molar-refractivity contribution is 5.84. The van der Waals surface area contributed by atoms with Gasteiger partial charge in [-0.2, -0.15) is 0 Å². The fraction of sp³-hybridized carbons (Fsp3) is 0.667. The highest BCUT2D eigenvalue weighted by Crippen LogP contribution is 2.29. The zero-order valence-corrected chi connectivity index (χ0v) is 15.2. The van der Waals surface area contributed by atoms with Gasteiger partial charge in [-0.3, -0.25) is 9.69 Å². The summed E-state index contributed by atoms with van der Waals surface area (Å²) in [5.41, 5.74) is 1.15. The fourth-order valence-corrected chi connectivity index (χ4v) is 4.43. The minimum atomic E-state index is -0.0308. The highest BCUT2D eigenvalue weighted by atomic mass is 16.2. The summed E-state index contributed by atoms with van der Waals surface area (Å²) < 4.78 is 0. The molecule has 1 heterocycles. The maximum Gasteiger partial charge on any atom is 0.228 e. The number of amides is 1. The van der Waals surface area contributed by atoms with Gasteiger partial charge < -0.3 is 5.32 Å². The molecule has 2 aliphatic rings. The largest absolute Gasteiger partial charge is 0.351 e. The number of likely N-dealkylation sites (tertiary alicyclic amines) is 1. The summed E-state index contributed by atoms with van der Waals surface area (Å²) in [6, 6.07) is 11.4. The number of nitrogens with zero attached hydrogens (tertiary/aromatic N) is 1. The first kappa shape index (κ1) is 17.5. The van der Waals surface area contributed by atoms with E-state index in [4.69, 9.17) is 0 Å². The second kappa shape index (κ2) is 8.15. The lowest BCUT2D eigenvalue weighted by Gasteiger charge is -2.26. The van der Waals surface area contributed by atoms with Crippen molar-refractivity contribution in [3.8, 4) is 0 Å². The van der Waals surface area contributed by atoms with Crippen LogP contribution in [0, 0.1) is 5.92 Å². The van der Waals surface area contributed by atoms with Crippen LogP contribution >= 0.6 is 0 Å². The van der Waals surface area contributed by atoms with Gasteiger partial charge in [-0.25, -0.2) is 0 Å². The number of carbonyl (C=O) groups excluding carboxylic acids is 1. The van der Waals surface area contributed by atoms with E-state index >= 15 is 0 Å². The van der Waals surface area contributed by atoms with Crippen LogP contribution in [0.5, 0.6) is 0 Å². The molecule has 1 saturated heterocycles. The Morgan fingerprint density at radius 3 is 2.58 bits per heavy atom. The Hall–Kier alpha value is -1.35. The summed E-state index contributed by atoms with van der Waals surface area (Å²) in [7, 11) is 0. The molecule has 1 aromatic rings. The third-order valence-electron chi connectivity index (χ3n) is 6.06. The van der Waals surface area contributed by atoms with Crippen molar-refractivity contribution < 1.29 is 4.79 Å². The summed E-state index contributed by atoms with van der Waals surface area (Å²) in [5, 5.41) is 3.37. The van der Waals surface area contributed by atoms with Crippen LogP contribution in [0.25, 0.3) is 0 Å². The minimum absolute atomic E-state index is 0.0308. The Morgan fingerprint density at radius 2 is 1.92 bits per heavy atom. The Bertz CT molecular complexity index is 524. The van der Waals surface area contributed by atoms with Crippen LogP contribution in [0.15, 0.2) is 30.3 Å². The van der Waals surface area contributed by atoms with Crippen molar-refractivity contribution in [2.75, 3.05) is 13.1 Å². The van der Waals surface area contributed by atoms with Crippen molar-refractivity contribution in [1.82, 2.24) is 10.2 Å². The van der Waals surface area contributed by atoms with Crippen LogP contribution in [0.4, 0.5) is 0 Å². The van der Waals surface area contributed by atoms with E-state index in [2.05, 4.69) is 36.2 Å². The van der Waals surface area contributed by atoms with Gasteiger partial charge in [-0.15, -0.1) is 0 Å². The molecule has 3 nitrogen and oxygen atoms in total. The van der Waals surface area contributed by atoms with Gasteiger partial charge in [-0.05, 0) is 30.7 Å². The first-order chi connectivity index (χ1) is 11.7. The van der Waals surface area contributed by atoms with Crippen LogP contribution in [0.3, 0.4) is 0 Å². The Kier molecular flexibility index (Phi) is 5.94. The molecule has 1 N–H and O–H groups in total. The summed E-state index contributed by atoms with van der Waals surface area (Å²) >= 11 is 0. The van der Waals surface area contributed by atoms with Crippen molar-refractivity contribution >= 4 is 5.91 Å². The lowest BCUT2D eigenvalue weighted by molar-refractivity contribution is -0.124. The zero-order chi connectivity index (χ0) is 16.9. The molecule has 132 valence electrons. The van der Waals surface area contributed by atoms with E-state index in [1.54, 1.807) is 0 Å². The van der Waals surface area contributed by atoms with Crippen LogP contribution in [0.1, 0.15) is 63.9 Å². The quantitative estimate of drug-likeness (QED) is 0.857. The Balaban J connectivity index is 1.61. The maximum atomic E-state index is 13.0. The van der Waals surface area contributed by atoms with Gasteiger partial charge in [-0.1, -0.05) is 63.4 Å². The average molecular weight is 328 g/mol. The van der Waals surface area contributed by atoms with E-state index in [1.165, 1.54) is 25.7 Å². The lowest BCUT2D eigenvalue weighted by Crippen LogP contribution is -2.42. The third kappa shape index (κ3) is 4.00. The maximum absolute atomic E-state index is 13.0. The molecule has 24 heavy (non-hydrogen) atoms. The SMILES string of the molecule is CCC(C)C(C(=O)NC1CCN(C2CCCC2)C1)c1ccccc1. The third-order valence-corrected chi connectivity index (χ3v) is 6.06. The van der Waals surface area contributed by atoms with Crippen LogP contribution in [-0.4, -0.2) is 36.0 Å². The first-order valence-electron chi connectivity index (χ1n) is 9.78. The number of rotatable bonds is 6. The number of nitrogens with one attached hydrogen (secondary N) is 1. The van der Waals surface area contributed by atoms with Crippen molar-refractivity contribution in [3.05, 3.63) is 35.9 Å². The molecule has 1 saturated carbocycles. The molecular formula is C21H32N2O. The van der Waals surface area contributed by atoms with Crippen LogP contribution in [-0.2, 0) is 4.79 Å². The zero-order valence-electron chi connectivity index (χ0n) is 15.2. The van der Waals surface area contributed by atoms with E-state index < -0.39 is 0 Å². The molecule has 3 heteroatoms. The predicted octanol–water partition coefficient (Wildman–Crippen LogP) is 3.95. The van der Waals surface area contributed by atoms with Gasteiger partial charge in [0.15, 0.2) is 0 Å². The smallest absolute Gasteiger partial charge is 0.228 e. The molecule has 3 unspecified atom stereocenters. The fourth-order valence-electron chi connectivity index (χ4n) is 4.43. The Labute approximate surface area is 146 Å². The van der Waals surface area contributed by atoms with Crippen LogP contribution in [0.2, 0.25) is 0 Å². The molecule has 1 aliphatic carbocycles. The summed E-state index contributed by atoms with van der Waals surface area (Å²) in [5.74, 6) is 0.547. The second-order valence-corrected chi connectivity index (χ2v) is 7.70. The molecule has 3 rings (SSSR count). The predicted molar refractivity (Wildman–Crippen MR) is 99.0 cm³/mol. The highest BCUT2D eigenvalue weighted by Gasteiger charge is 2.33. The summed E-state index contributed by atoms with van der Waals surface area (Å²) in [6.07, 6.45) is 7.57. The molecular weight excluding hydrogens is 296 g/mol. The number of benzene rings is 1. The van der Waals surface area contributed by atoms with E-state index in [-0.39, 0.29) is 11.8 Å². The monoisotopic (exact) mass is 328 g/mol. The van der Waals surface area contributed by atoms with Crippen LogP contribution < -0.4 is 5.32 Å². The topological polar surface area (TPSA) is 32.3 Å². The van der Waals surface area contributed by atoms with Crippen molar-refractivity contribution in [2.45, 2.75) is 70.4 Å². The molecule has 1 aliphatic heterocycles. The van der Waals surface area contributed by atoms with Gasteiger partial charge >= 0.3 is 0 Å². The van der Waals surface area contributed by atoms with E-state index in [0.29, 0.717) is 12.0 Å². The standard InChI is InChI=1S/C21H32N2O/c1-3-16(2)20(17-9-5-4-6-10-17)21(24)22-18-13-14-23(15-18)19-11-7-8-12-19/h4-6,9-10,16,18-20H,3,7-8,11-15H2,1-2H3,(H,22,24). The normalized spacial score (nSPS) is 24.8. The second-order valence-electron chi connectivity index (χ2n) is 7.70. The summed E-state index contributed by atoms with van der Waals surface area (Å²) in [4.78, 5) is 15.6. The number of hydrogen-bond acceptors (Lipinski definition) is 2.